The number of alkyl halides is 3. The van der Waals surface area contributed by atoms with Gasteiger partial charge in [0.15, 0.2) is 11.5 Å². The zero-order valence-electron chi connectivity index (χ0n) is 13.6. The minimum atomic E-state index is -4.32. The number of carbonyl (C=O) groups is 1. The fraction of sp³-hybridized carbons (Fsp3) is 0.278. The van der Waals surface area contributed by atoms with Crippen LogP contribution in [0.25, 0.3) is 0 Å². The molecule has 2 aromatic rings. The van der Waals surface area contributed by atoms with Crippen molar-refractivity contribution in [3.8, 4) is 11.5 Å². The normalized spacial score (nSPS) is 11.2. The Morgan fingerprint density at radius 1 is 1.00 bits per heavy atom. The van der Waals surface area contributed by atoms with Gasteiger partial charge in [-0.15, -0.1) is 0 Å². The Hall–Kier alpha value is -2.70. The van der Waals surface area contributed by atoms with Crippen LogP contribution in [0.2, 0.25) is 0 Å². The molecule has 0 atom stereocenters. The standard InChI is InChI=1S/C18H18F3NO3/c1-24-16-11-13(7-10-15(16)25-17(22)23)4-2-3-12-5-8-14(9-6-12)18(19,20)21/h5-11H,2-4H2,1H3,(H2,22,23). The number of nitrogens with two attached hydrogens (primary N) is 1. The molecule has 7 heteroatoms. The molecule has 0 heterocycles. The van der Waals surface area contributed by atoms with Gasteiger partial charge in [0.2, 0.25) is 0 Å². The fourth-order valence-electron chi connectivity index (χ4n) is 2.42. The number of aryl methyl sites for hydroxylation is 2. The Kier molecular flexibility index (Phi) is 5.90. The van der Waals surface area contributed by atoms with E-state index in [0.717, 1.165) is 29.7 Å². The molecule has 0 spiro atoms. The van der Waals surface area contributed by atoms with Crippen molar-refractivity contribution < 1.29 is 27.4 Å². The van der Waals surface area contributed by atoms with Crippen molar-refractivity contribution in [1.82, 2.24) is 0 Å². The van der Waals surface area contributed by atoms with Crippen molar-refractivity contribution in [3.05, 3.63) is 59.2 Å². The molecule has 0 aliphatic carbocycles. The van der Waals surface area contributed by atoms with Crippen LogP contribution < -0.4 is 15.2 Å². The highest BCUT2D eigenvalue weighted by Gasteiger charge is 2.29. The van der Waals surface area contributed by atoms with Gasteiger partial charge < -0.3 is 15.2 Å². The molecule has 0 saturated heterocycles. The van der Waals surface area contributed by atoms with Crippen LogP contribution in [0.4, 0.5) is 18.0 Å². The second-order valence-electron chi connectivity index (χ2n) is 5.45. The number of amides is 1. The molecule has 25 heavy (non-hydrogen) atoms. The molecule has 0 saturated carbocycles. The molecule has 2 rings (SSSR count). The summed E-state index contributed by atoms with van der Waals surface area (Å²) in [6, 6.07) is 10.3. The molecule has 4 nitrogen and oxygen atoms in total. The van der Waals surface area contributed by atoms with E-state index in [1.54, 1.807) is 18.2 Å². The maximum atomic E-state index is 12.5. The zero-order valence-corrected chi connectivity index (χ0v) is 13.6. The fourth-order valence-corrected chi connectivity index (χ4v) is 2.42. The van der Waals surface area contributed by atoms with Gasteiger partial charge in [-0.1, -0.05) is 18.2 Å². The lowest BCUT2D eigenvalue weighted by Gasteiger charge is -2.10. The largest absolute Gasteiger partial charge is 0.493 e. The average Bonchev–Trinajstić information content (AvgIpc) is 2.55. The van der Waals surface area contributed by atoms with E-state index in [0.29, 0.717) is 18.6 Å². The van der Waals surface area contributed by atoms with E-state index >= 15 is 0 Å². The summed E-state index contributed by atoms with van der Waals surface area (Å²) in [5.74, 6) is 0.632. The van der Waals surface area contributed by atoms with Crippen molar-refractivity contribution >= 4 is 6.09 Å². The number of hydrogen-bond donors (Lipinski definition) is 1. The topological polar surface area (TPSA) is 61.6 Å². The van der Waals surface area contributed by atoms with Crippen LogP contribution >= 0.6 is 0 Å². The van der Waals surface area contributed by atoms with E-state index in [-0.39, 0.29) is 5.75 Å². The number of carbonyl (C=O) groups excluding carboxylic acids is 1. The van der Waals surface area contributed by atoms with Gasteiger partial charge in [-0.3, -0.25) is 0 Å². The number of methoxy groups -OCH3 is 1. The first kappa shape index (κ1) is 18.6. The van der Waals surface area contributed by atoms with Gasteiger partial charge in [0.05, 0.1) is 12.7 Å². The van der Waals surface area contributed by atoms with Gasteiger partial charge >= 0.3 is 12.3 Å². The van der Waals surface area contributed by atoms with E-state index < -0.39 is 17.8 Å². The Balaban J connectivity index is 1.94. The van der Waals surface area contributed by atoms with Crippen LogP contribution in [0.15, 0.2) is 42.5 Å². The number of primary amides is 1. The molecule has 134 valence electrons. The van der Waals surface area contributed by atoms with Crippen molar-refractivity contribution in [2.24, 2.45) is 5.73 Å². The third-order valence-electron chi connectivity index (χ3n) is 3.65. The lowest BCUT2D eigenvalue weighted by Crippen LogP contribution is -2.16. The van der Waals surface area contributed by atoms with E-state index in [1.165, 1.54) is 19.2 Å². The molecule has 2 aromatic carbocycles. The van der Waals surface area contributed by atoms with Crippen LogP contribution in [0.3, 0.4) is 0 Å². The number of halogens is 3. The molecule has 0 fully saturated rings. The van der Waals surface area contributed by atoms with Crippen molar-refractivity contribution in [2.45, 2.75) is 25.4 Å². The molecular weight excluding hydrogens is 335 g/mol. The number of rotatable bonds is 6. The Labute approximate surface area is 143 Å². The second-order valence-corrected chi connectivity index (χ2v) is 5.45. The molecule has 0 aromatic heterocycles. The summed E-state index contributed by atoms with van der Waals surface area (Å²) in [6.07, 6.45) is -3.13. The highest BCUT2D eigenvalue weighted by Crippen LogP contribution is 2.30. The third kappa shape index (κ3) is 5.41. The molecule has 0 radical (unpaired) electrons. The summed E-state index contributed by atoms with van der Waals surface area (Å²) in [5, 5.41) is 0. The van der Waals surface area contributed by atoms with Crippen LogP contribution in [-0.2, 0) is 19.0 Å². The molecule has 1 amide bonds. The number of ether oxygens (including phenoxy) is 2. The zero-order chi connectivity index (χ0) is 18.4. The van der Waals surface area contributed by atoms with E-state index in [1.807, 2.05) is 0 Å². The van der Waals surface area contributed by atoms with E-state index in [4.69, 9.17) is 15.2 Å². The third-order valence-corrected chi connectivity index (χ3v) is 3.65. The molecule has 0 aliphatic rings. The maximum absolute atomic E-state index is 12.5. The van der Waals surface area contributed by atoms with E-state index in [9.17, 15) is 18.0 Å². The summed E-state index contributed by atoms with van der Waals surface area (Å²) < 4.78 is 47.6. The molecule has 0 aliphatic heterocycles. The highest BCUT2D eigenvalue weighted by atomic mass is 19.4. The van der Waals surface area contributed by atoms with Crippen molar-refractivity contribution in [2.75, 3.05) is 7.11 Å². The van der Waals surface area contributed by atoms with Crippen LogP contribution in [0, 0.1) is 0 Å². The monoisotopic (exact) mass is 353 g/mol. The molecule has 0 bridgehead atoms. The average molecular weight is 353 g/mol. The first-order valence-electron chi connectivity index (χ1n) is 7.60. The van der Waals surface area contributed by atoms with Gasteiger partial charge in [0, 0.05) is 0 Å². The molecule has 0 unspecified atom stereocenters. The minimum Gasteiger partial charge on any atom is -0.493 e. The van der Waals surface area contributed by atoms with Crippen LogP contribution in [-0.4, -0.2) is 13.2 Å². The summed E-state index contributed by atoms with van der Waals surface area (Å²) in [6.45, 7) is 0. The number of hydrogen-bond acceptors (Lipinski definition) is 3. The van der Waals surface area contributed by atoms with Gasteiger partial charge in [0.1, 0.15) is 0 Å². The lowest BCUT2D eigenvalue weighted by atomic mass is 10.0. The lowest BCUT2D eigenvalue weighted by molar-refractivity contribution is -0.137. The number of benzene rings is 2. The van der Waals surface area contributed by atoms with Crippen LogP contribution in [0.1, 0.15) is 23.1 Å². The van der Waals surface area contributed by atoms with E-state index in [2.05, 4.69) is 0 Å². The van der Waals surface area contributed by atoms with Gasteiger partial charge in [-0.05, 0) is 54.7 Å². The van der Waals surface area contributed by atoms with Gasteiger partial charge in [-0.2, -0.15) is 13.2 Å². The highest BCUT2D eigenvalue weighted by molar-refractivity contribution is 5.69. The van der Waals surface area contributed by atoms with Crippen LogP contribution in [0.5, 0.6) is 11.5 Å². The smallest absolute Gasteiger partial charge is 0.416 e. The Bertz CT molecular complexity index is 727. The maximum Gasteiger partial charge on any atom is 0.416 e. The first-order valence-corrected chi connectivity index (χ1v) is 7.60. The predicted molar refractivity (Wildman–Crippen MR) is 86.7 cm³/mol. The molecular formula is C18H18F3NO3. The Morgan fingerprint density at radius 2 is 1.60 bits per heavy atom. The quantitative estimate of drug-likeness (QED) is 0.840. The summed E-state index contributed by atoms with van der Waals surface area (Å²) in [5.41, 5.74) is 6.13. The first-order chi connectivity index (χ1) is 11.8. The molecule has 2 N–H and O–H groups in total. The van der Waals surface area contributed by atoms with Gasteiger partial charge in [-0.25, -0.2) is 4.79 Å². The van der Waals surface area contributed by atoms with Gasteiger partial charge in [0.25, 0.3) is 0 Å². The van der Waals surface area contributed by atoms with Crippen molar-refractivity contribution in [1.29, 1.82) is 0 Å². The summed E-state index contributed by atoms with van der Waals surface area (Å²) >= 11 is 0. The summed E-state index contributed by atoms with van der Waals surface area (Å²) in [4.78, 5) is 10.8. The Morgan fingerprint density at radius 3 is 2.16 bits per heavy atom. The second kappa shape index (κ2) is 7.92. The predicted octanol–water partition coefficient (Wildman–Crippen LogP) is 4.35. The SMILES string of the molecule is COc1cc(CCCc2ccc(C(F)(F)F)cc2)ccc1OC(N)=O. The van der Waals surface area contributed by atoms with Crippen molar-refractivity contribution in [3.63, 3.8) is 0 Å². The summed E-state index contributed by atoms with van der Waals surface area (Å²) in [7, 11) is 1.45. The minimum absolute atomic E-state index is 0.237.